The Morgan fingerprint density at radius 2 is 1.59 bits per heavy atom. The molecule has 0 spiro atoms. The van der Waals surface area contributed by atoms with Gasteiger partial charge in [0, 0.05) is 28.5 Å². The molecule has 8 nitrogen and oxygen atoms in total. The fourth-order valence-corrected chi connectivity index (χ4v) is 6.67. The Kier molecular flexibility index (Phi) is 12.3. The Bertz CT molecular complexity index is 1720. The first kappa shape index (κ1) is 35.0. The van der Waals surface area contributed by atoms with Gasteiger partial charge in [-0.05, 0) is 79.1 Å². The lowest BCUT2D eigenvalue weighted by molar-refractivity contribution is -0.140. The zero-order valence-corrected chi connectivity index (χ0v) is 29.1. The number of amides is 2. The van der Waals surface area contributed by atoms with Crippen LogP contribution in [0.3, 0.4) is 0 Å². The van der Waals surface area contributed by atoms with Crippen LogP contribution in [0, 0.1) is 0 Å². The topological polar surface area (TPSA) is 96.0 Å². The monoisotopic (exact) mass is 725 g/mol. The molecule has 0 aliphatic heterocycles. The quantitative estimate of drug-likeness (QED) is 0.153. The Labute approximate surface area is 284 Å². The summed E-state index contributed by atoms with van der Waals surface area (Å²) in [5.41, 5.74) is 1.85. The predicted molar refractivity (Wildman–Crippen MR) is 185 cm³/mol. The number of carbonyl (C=O) groups excluding carboxylic acids is 2. The number of carbonyl (C=O) groups is 2. The summed E-state index contributed by atoms with van der Waals surface area (Å²) in [6, 6.07) is 28.1. The van der Waals surface area contributed by atoms with Gasteiger partial charge in [0.25, 0.3) is 10.0 Å². The Morgan fingerprint density at radius 3 is 2.20 bits per heavy atom. The molecule has 4 aromatic rings. The average molecular weight is 727 g/mol. The molecule has 0 heterocycles. The normalized spacial score (nSPS) is 12.5. The minimum Gasteiger partial charge on any atom is -0.497 e. The first-order chi connectivity index (χ1) is 22.0. The van der Waals surface area contributed by atoms with Gasteiger partial charge in [0.2, 0.25) is 11.8 Å². The van der Waals surface area contributed by atoms with Gasteiger partial charge in [0.1, 0.15) is 18.3 Å². The van der Waals surface area contributed by atoms with Crippen molar-refractivity contribution in [3.63, 3.8) is 0 Å². The molecule has 0 saturated carbocycles. The van der Waals surface area contributed by atoms with Crippen molar-refractivity contribution in [2.75, 3.05) is 18.0 Å². The highest BCUT2D eigenvalue weighted by atomic mass is 79.9. The number of nitrogens with one attached hydrogen (secondary N) is 1. The van der Waals surface area contributed by atoms with Crippen LogP contribution in [0.25, 0.3) is 0 Å². The van der Waals surface area contributed by atoms with E-state index in [-0.39, 0.29) is 35.5 Å². The average Bonchev–Trinajstić information content (AvgIpc) is 3.06. The summed E-state index contributed by atoms with van der Waals surface area (Å²) in [5, 5.41) is 3.34. The van der Waals surface area contributed by atoms with Crippen molar-refractivity contribution in [1.82, 2.24) is 10.2 Å². The van der Waals surface area contributed by atoms with Crippen LogP contribution in [-0.4, -0.2) is 50.9 Å². The van der Waals surface area contributed by atoms with Crippen LogP contribution in [-0.2, 0) is 32.6 Å². The zero-order valence-electron chi connectivity index (χ0n) is 25.9. The highest BCUT2D eigenvalue weighted by Gasteiger charge is 2.35. The Hall–Kier alpha value is -3.86. The van der Waals surface area contributed by atoms with Gasteiger partial charge in [0.15, 0.2) is 0 Å². The number of halogens is 2. The number of hydrogen-bond acceptors (Lipinski definition) is 5. The summed E-state index contributed by atoms with van der Waals surface area (Å²) in [6.45, 7) is 3.37. The lowest BCUT2D eigenvalue weighted by Gasteiger charge is -2.34. The SMILES string of the molecule is CCC(C)NC(=O)C(Cc1ccccc1)N(Cc1ccc(Br)cc1)C(=O)CN(c1cccc(Cl)c1)S(=O)(=O)c1ccc(OC)cc1. The minimum absolute atomic E-state index is 0.0316. The highest BCUT2D eigenvalue weighted by Crippen LogP contribution is 2.28. The van der Waals surface area contributed by atoms with Crippen LogP contribution in [0.1, 0.15) is 31.4 Å². The molecule has 11 heteroatoms. The van der Waals surface area contributed by atoms with E-state index in [1.807, 2.05) is 68.4 Å². The molecule has 4 aromatic carbocycles. The zero-order chi connectivity index (χ0) is 33.3. The number of nitrogens with zero attached hydrogens (tertiary/aromatic N) is 2. The summed E-state index contributed by atoms with van der Waals surface area (Å²) in [5.74, 6) is -0.391. The summed E-state index contributed by atoms with van der Waals surface area (Å²) in [7, 11) is -2.78. The molecular formula is C35H37BrClN3O5S. The van der Waals surface area contributed by atoms with Crippen LogP contribution >= 0.6 is 27.5 Å². The molecule has 0 saturated heterocycles. The van der Waals surface area contributed by atoms with Gasteiger partial charge in [-0.15, -0.1) is 0 Å². The molecule has 4 rings (SSSR count). The predicted octanol–water partition coefficient (Wildman–Crippen LogP) is 6.86. The maximum absolute atomic E-state index is 14.5. The first-order valence-electron chi connectivity index (χ1n) is 14.8. The van der Waals surface area contributed by atoms with Gasteiger partial charge in [-0.2, -0.15) is 0 Å². The van der Waals surface area contributed by atoms with Crippen LogP contribution in [0.2, 0.25) is 5.02 Å². The Morgan fingerprint density at radius 1 is 0.913 bits per heavy atom. The molecule has 242 valence electrons. The smallest absolute Gasteiger partial charge is 0.264 e. The van der Waals surface area contributed by atoms with Crippen LogP contribution < -0.4 is 14.4 Å². The second kappa shape index (κ2) is 16.1. The summed E-state index contributed by atoms with van der Waals surface area (Å²) >= 11 is 9.75. The van der Waals surface area contributed by atoms with Gasteiger partial charge in [-0.25, -0.2) is 8.42 Å². The third kappa shape index (κ3) is 9.11. The third-order valence-electron chi connectivity index (χ3n) is 7.56. The number of methoxy groups -OCH3 is 1. The number of ether oxygens (including phenoxy) is 1. The summed E-state index contributed by atoms with van der Waals surface area (Å²) in [6.07, 6.45) is 0.931. The molecular weight excluding hydrogens is 690 g/mol. The van der Waals surface area contributed by atoms with E-state index in [0.717, 1.165) is 19.9 Å². The molecule has 46 heavy (non-hydrogen) atoms. The van der Waals surface area contributed by atoms with Crippen LogP contribution in [0.5, 0.6) is 5.75 Å². The van der Waals surface area contributed by atoms with Crippen molar-refractivity contribution in [2.24, 2.45) is 0 Å². The molecule has 0 bridgehead atoms. The fourth-order valence-electron chi connectivity index (χ4n) is 4.82. The molecule has 0 aliphatic rings. The molecule has 1 N–H and O–H groups in total. The van der Waals surface area contributed by atoms with E-state index in [1.54, 1.807) is 30.3 Å². The largest absolute Gasteiger partial charge is 0.497 e. The van der Waals surface area contributed by atoms with Gasteiger partial charge < -0.3 is 15.0 Å². The van der Waals surface area contributed by atoms with Crippen molar-refractivity contribution >= 4 is 55.1 Å². The fraction of sp³-hybridized carbons (Fsp3) is 0.257. The van der Waals surface area contributed by atoms with Crippen molar-refractivity contribution < 1.29 is 22.7 Å². The molecule has 0 radical (unpaired) electrons. The van der Waals surface area contributed by atoms with Gasteiger partial charge in [-0.1, -0.05) is 83.0 Å². The molecule has 2 unspecified atom stereocenters. The molecule has 0 fully saturated rings. The summed E-state index contributed by atoms with van der Waals surface area (Å²) < 4.78 is 35.4. The lowest BCUT2D eigenvalue weighted by atomic mass is 10.0. The van der Waals surface area contributed by atoms with E-state index in [2.05, 4.69) is 21.2 Å². The number of hydrogen-bond donors (Lipinski definition) is 1. The van der Waals surface area contributed by atoms with E-state index in [4.69, 9.17) is 16.3 Å². The van der Waals surface area contributed by atoms with Crippen molar-refractivity contribution in [3.05, 3.63) is 124 Å². The molecule has 2 atom stereocenters. The van der Waals surface area contributed by atoms with Crippen LogP contribution in [0.15, 0.2) is 112 Å². The van der Waals surface area contributed by atoms with Crippen molar-refractivity contribution in [3.8, 4) is 5.75 Å². The van der Waals surface area contributed by atoms with Crippen molar-refractivity contribution in [2.45, 2.75) is 50.2 Å². The van der Waals surface area contributed by atoms with E-state index in [1.165, 1.54) is 30.2 Å². The molecule has 2 amide bonds. The summed E-state index contributed by atoms with van der Waals surface area (Å²) in [4.78, 5) is 29.9. The second-order valence-corrected chi connectivity index (χ2v) is 14.1. The number of benzene rings is 4. The van der Waals surface area contributed by atoms with Gasteiger partial charge in [0.05, 0.1) is 17.7 Å². The van der Waals surface area contributed by atoms with Gasteiger partial charge in [-0.3, -0.25) is 13.9 Å². The first-order valence-corrected chi connectivity index (χ1v) is 17.4. The molecule has 0 aliphatic carbocycles. The van der Waals surface area contributed by atoms with E-state index >= 15 is 0 Å². The molecule has 0 aromatic heterocycles. The highest BCUT2D eigenvalue weighted by molar-refractivity contribution is 9.10. The lowest BCUT2D eigenvalue weighted by Crippen LogP contribution is -2.54. The third-order valence-corrected chi connectivity index (χ3v) is 10.1. The van der Waals surface area contributed by atoms with E-state index in [9.17, 15) is 18.0 Å². The van der Waals surface area contributed by atoms with Crippen LogP contribution in [0.4, 0.5) is 5.69 Å². The van der Waals surface area contributed by atoms with Crippen molar-refractivity contribution in [1.29, 1.82) is 0 Å². The van der Waals surface area contributed by atoms with E-state index in [0.29, 0.717) is 17.2 Å². The number of anilines is 1. The van der Waals surface area contributed by atoms with Gasteiger partial charge >= 0.3 is 0 Å². The van der Waals surface area contributed by atoms with E-state index < -0.39 is 28.5 Å². The standard InChI is InChI=1S/C35H37BrClN3O5S/c1-4-25(2)38-35(42)33(21-26-9-6-5-7-10-26)39(23-27-13-15-28(36)16-14-27)34(41)24-40(30-12-8-11-29(37)22-30)46(43,44)32-19-17-31(45-3)18-20-32/h5-20,22,25,33H,4,21,23-24H2,1-3H3,(H,38,42). The second-order valence-electron chi connectivity index (χ2n) is 10.8. The Balaban J connectivity index is 1.80. The maximum atomic E-state index is 14.5. The maximum Gasteiger partial charge on any atom is 0.264 e. The number of sulfonamides is 1. The minimum atomic E-state index is -4.27. The number of rotatable bonds is 14.